The average molecular weight is 283 g/mol. The SMILES string of the molecule is CN(c1ccccc1)c1cnnc(N2CCCCCC2)n1. The summed E-state index contributed by atoms with van der Waals surface area (Å²) >= 11 is 0. The maximum Gasteiger partial charge on any atom is 0.247 e. The first-order chi connectivity index (χ1) is 10.3. The Morgan fingerprint density at radius 3 is 2.43 bits per heavy atom. The van der Waals surface area contributed by atoms with Crippen LogP contribution >= 0.6 is 0 Å². The summed E-state index contributed by atoms with van der Waals surface area (Å²) in [5.41, 5.74) is 1.10. The molecule has 110 valence electrons. The molecule has 1 aromatic carbocycles. The number of anilines is 3. The van der Waals surface area contributed by atoms with E-state index >= 15 is 0 Å². The smallest absolute Gasteiger partial charge is 0.247 e. The molecule has 5 nitrogen and oxygen atoms in total. The van der Waals surface area contributed by atoms with E-state index in [-0.39, 0.29) is 0 Å². The van der Waals surface area contributed by atoms with Crippen molar-refractivity contribution >= 4 is 17.5 Å². The predicted octanol–water partition coefficient (Wildman–Crippen LogP) is 3.02. The zero-order valence-corrected chi connectivity index (χ0v) is 12.4. The number of nitrogens with zero attached hydrogens (tertiary/aromatic N) is 5. The highest BCUT2D eigenvalue weighted by Gasteiger charge is 2.15. The molecule has 1 aromatic heterocycles. The maximum atomic E-state index is 4.69. The monoisotopic (exact) mass is 283 g/mol. The van der Waals surface area contributed by atoms with Crippen LogP contribution in [-0.2, 0) is 0 Å². The number of hydrogen-bond acceptors (Lipinski definition) is 5. The largest absolute Gasteiger partial charge is 0.339 e. The van der Waals surface area contributed by atoms with Crippen LogP contribution in [-0.4, -0.2) is 35.3 Å². The summed E-state index contributed by atoms with van der Waals surface area (Å²) in [6, 6.07) is 10.2. The van der Waals surface area contributed by atoms with E-state index in [1.165, 1.54) is 25.7 Å². The van der Waals surface area contributed by atoms with Gasteiger partial charge in [0.05, 0.1) is 6.20 Å². The molecule has 2 heterocycles. The Bertz CT molecular complexity index is 564. The van der Waals surface area contributed by atoms with Gasteiger partial charge in [-0.05, 0) is 25.0 Å². The first-order valence-electron chi connectivity index (χ1n) is 7.58. The van der Waals surface area contributed by atoms with Crippen molar-refractivity contribution in [3.05, 3.63) is 36.5 Å². The lowest BCUT2D eigenvalue weighted by atomic mass is 10.2. The third-order valence-electron chi connectivity index (χ3n) is 3.91. The van der Waals surface area contributed by atoms with Crippen molar-refractivity contribution in [1.29, 1.82) is 0 Å². The minimum absolute atomic E-state index is 0.747. The number of hydrogen-bond donors (Lipinski definition) is 0. The van der Waals surface area contributed by atoms with Gasteiger partial charge in [0.15, 0.2) is 5.82 Å². The van der Waals surface area contributed by atoms with E-state index in [2.05, 4.69) is 27.2 Å². The fourth-order valence-electron chi connectivity index (χ4n) is 2.64. The van der Waals surface area contributed by atoms with Crippen molar-refractivity contribution in [2.45, 2.75) is 25.7 Å². The van der Waals surface area contributed by atoms with Crippen LogP contribution in [0, 0.1) is 0 Å². The molecule has 0 spiro atoms. The lowest BCUT2D eigenvalue weighted by Crippen LogP contribution is -2.27. The van der Waals surface area contributed by atoms with Crippen molar-refractivity contribution in [3.63, 3.8) is 0 Å². The minimum atomic E-state index is 0.747. The molecule has 21 heavy (non-hydrogen) atoms. The highest BCUT2D eigenvalue weighted by Crippen LogP contribution is 2.22. The second-order valence-electron chi connectivity index (χ2n) is 5.41. The first-order valence-corrected chi connectivity index (χ1v) is 7.58. The van der Waals surface area contributed by atoms with Gasteiger partial charge >= 0.3 is 0 Å². The van der Waals surface area contributed by atoms with Crippen LogP contribution in [0.4, 0.5) is 17.5 Å². The molecular formula is C16H21N5. The molecule has 1 aliphatic rings. The average Bonchev–Trinajstić information content (AvgIpc) is 2.84. The second-order valence-corrected chi connectivity index (χ2v) is 5.41. The van der Waals surface area contributed by atoms with Crippen LogP contribution in [0.2, 0.25) is 0 Å². The summed E-state index contributed by atoms with van der Waals surface area (Å²) < 4.78 is 0. The molecule has 0 radical (unpaired) electrons. The molecule has 1 saturated heterocycles. The predicted molar refractivity (Wildman–Crippen MR) is 85.0 cm³/mol. The van der Waals surface area contributed by atoms with Gasteiger partial charge in [0, 0.05) is 25.8 Å². The zero-order chi connectivity index (χ0) is 14.5. The number of aromatic nitrogens is 3. The van der Waals surface area contributed by atoms with Gasteiger partial charge in [-0.1, -0.05) is 31.0 Å². The molecule has 0 bridgehead atoms. The lowest BCUT2D eigenvalue weighted by molar-refractivity contribution is 0.726. The normalized spacial score (nSPS) is 15.6. The molecule has 0 atom stereocenters. The quantitative estimate of drug-likeness (QED) is 0.866. The molecule has 1 fully saturated rings. The van der Waals surface area contributed by atoms with Crippen molar-refractivity contribution in [2.24, 2.45) is 0 Å². The summed E-state index contributed by atoms with van der Waals surface area (Å²) in [5.74, 6) is 1.58. The van der Waals surface area contributed by atoms with Crippen LogP contribution in [0.5, 0.6) is 0 Å². The van der Waals surface area contributed by atoms with Crippen LogP contribution in [0.15, 0.2) is 36.5 Å². The van der Waals surface area contributed by atoms with Crippen molar-refractivity contribution in [2.75, 3.05) is 29.9 Å². The van der Waals surface area contributed by atoms with Gasteiger partial charge in [-0.25, -0.2) is 0 Å². The van der Waals surface area contributed by atoms with Gasteiger partial charge in [0.2, 0.25) is 5.95 Å². The topological polar surface area (TPSA) is 45.2 Å². The highest BCUT2D eigenvalue weighted by molar-refractivity contribution is 5.58. The Hall–Kier alpha value is -2.17. The molecular weight excluding hydrogens is 262 g/mol. The summed E-state index contributed by atoms with van der Waals surface area (Å²) in [6.45, 7) is 2.06. The molecule has 0 unspecified atom stereocenters. The zero-order valence-electron chi connectivity index (χ0n) is 12.4. The summed E-state index contributed by atoms with van der Waals surface area (Å²) in [6.07, 6.45) is 6.74. The van der Waals surface area contributed by atoms with Crippen LogP contribution in [0.3, 0.4) is 0 Å². The number of para-hydroxylation sites is 1. The van der Waals surface area contributed by atoms with Gasteiger partial charge in [0.1, 0.15) is 0 Å². The van der Waals surface area contributed by atoms with E-state index in [1.807, 2.05) is 30.1 Å². The molecule has 5 heteroatoms. The van der Waals surface area contributed by atoms with Gasteiger partial charge in [-0.2, -0.15) is 10.1 Å². The molecule has 1 aliphatic heterocycles. The van der Waals surface area contributed by atoms with Gasteiger partial charge in [-0.15, -0.1) is 5.10 Å². The lowest BCUT2D eigenvalue weighted by Gasteiger charge is -2.22. The Kier molecular flexibility index (Phi) is 4.28. The Morgan fingerprint density at radius 2 is 1.71 bits per heavy atom. The molecule has 3 rings (SSSR count). The molecule has 2 aromatic rings. The summed E-state index contributed by atoms with van der Waals surface area (Å²) in [4.78, 5) is 8.98. The minimum Gasteiger partial charge on any atom is -0.339 e. The summed E-state index contributed by atoms with van der Waals surface area (Å²) in [5, 5.41) is 8.36. The van der Waals surface area contributed by atoms with Gasteiger partial charge < -0.3 is 9.80 Å². The van der Waals surface area contributed by atoms with Crippen molar-refractivity contribution < 1.29 is 0 Å². The van der Waals surface area contributed by atoms with E-state index in [4.69, 9.17) is 4.98 Å². The molecule has 0 N–H and O–H groups in total. The molecule has 0 aliphatic carbocycles. The highest BCUT2D eigenvalue weighted by atomic mass is 15.3. The maximum absolute atomic E-state index is 4.69. The number of benzene rings is 1. The summed E-state index contributed by atoms with van der Waals surface area (Å²) in [7, 11) is 2.01. The standard InChI is InChI=1S/C16H21N5/c1-20(14-9-5-4-6-10-14)15-13-17-19-16(18-15)21-11-7-2-3-8-12-21/h4-6,9-10,13H,2-3,7-8,11-12H2,1H3. The fourth-order valence-corrected chi connectivity index (χ4v) is 2.64. The van der Waals surface area contributed by atoms with Crippen molar-refractivity contribution in [1.82, 2.24) is 15.2 Å². The fraction of sp³-hybridized carbons (Fsp3) is 0.438. The third-order valence-corrected chi connectivity index (χ3v) is 3.91. The van der Waals surface area contributed by atoms with Crippen LogP contribution in [0.25, 0.3) is 0 Å². The Balaban J connectivity index is 1.82. The third kappa shape index (κ3) is 3.29. The van der Waals surface area contributed by atoms with Crippen LogP contribution in [0.1, 0.15) is 25.7 Å². The van der Waals surface area contributed by atoms with Crippen LogP contribution < -0.4 is 9.80 Å². The molecule has 0 saturated carbocycles. The number of rotatable bonds is 3. The van der Waals surface area contributed by atoms with Gasteiger partial charge in [0.25, 0.3) is 0 Å². The second kappa shape index (κ2) is 6.52. The Morgan fingerprint density at radius 1 is 1.00 bits per heavy atom. The van der Waals surface area contributed by atoms with E-state index in [9.17, 15) is 0 Å². The van der Waals surface area contributed by atoms with E-state index < -0.39 is 0 Å². The van der Waals surface area contributed by atoms with Gasteiger partial charge in [-0.3, -0.25) is 0 Å². The van der Waals surface area contributed by atoms with E-state index in [0.717, 1.165) is 30.5 Å². The van der Waals surface area contributed by atoms with E-state index in [0.29, 0.717) is 0 Å². The Labute approximate surface area is 125 Å². The molecule has 0 amide bonds. The first kappa shape index (κ1) is 13.8. The van der Waals surface area contributed by atoms with Crippen molar-refractivity contribution in [3.8, 4) is 0 Å². The van der Waals surface area contributed by atoms with E-state index in [1.54, 1.807) is 6.20 Å².